The number of hydrogen-bond donors (Lipinski definition) is 4. The number of aliphatic hydroxyl groups is 1. The van der Waals surface area contributed by atoms with Crippen LogP contribution in [0.2, 0.25) is 0 Å². The molecule has 12 heteroatoms. The fourth-order valence-corrected chi connectivity index (χ4v) is 2.38. The van der Waals surface area contributed by atoms with Crippen LogP contribution < -0.4 is 22.1 Å². The second-order valence-corrected chi connectivity index (χ2v) is 8.43. The van der Waals surface area contributed by atoms with E-state index in [2.05, 4.69) is 22.2 Å². The maximum Gasteiger partial charge on any atom is 0.349 e. The van der Waals surface area contributed by atoms with Crippen LogP contribution in [0.1, 0.15) is 13.8 Å². The number of allylic oxidation sites excluding steroid dienone is 2. The molecule has 0 aliphatic rings. The predicted octanol–water partition coefficient (Wildman–Crippen LogP) is -0.956. The van der Waals surface area contributed by atoms with Crippen molar-refractivity contribution in [3.05, 3.63) is 58.8 Å². The van der Waals surface area contributed by atoms with Gasteiger partial charge in [0.1, 0.15) is 17.9 Å². The van der Waals surface area contributed by atoms with Crippen LogP contribution in [0, 0.1) is 0 Å². The van der Waals surface area contributed by atoms with Gasteiger partial charge in [0, 0.05) is 37.6 Å². The summed E-state index contributed by atoms with van der Waals surface area (Å²) >= 11 is 0. The van der Waals surface area contributed by atoms with E-state index in [9.17, 15) is 24.3 Å². The minimum Gasteiger partial charge on any atom is -0.394 e. The Morgan fingerprint density at radius 2 is 1.91 bits per heavy atom. The van der Waals surface area contributed by atoms with Gasteiger partial charge in [-0.15, -0.1) is 0 Å². The van der Waals surface area contributed by atoms with Crippen molar-refractivity contribution in [3.8, 4) is 0 Å². The standard InChI is InChI=1S/C23H35N7O5/c1-7-17(25-21(34)23(3,24)15-31)9-8-16(2)20(33)26-18-10-11-30(22(35)27-18)14-19(32)29(6)13-12-28(4)5/h7-11,31H,2,12-15,24H2,1,3-6H3,(H,25,34)(H,26,27,33,35)/b9-8-,17-7+. The maximum atomic E-state index is 12.4. The Labute approximate surface area is 204 Å². The van der Waals surface area contributed by atoms with Gasteiger partial charge in [-0.2, -0.15) is 4.98 Å². The molecule has 0 spiro atoms. The number of aliphatic hydroxyl groups excluding tert-OH is 1. The fraction of sp³-hybridized carbons (Fsp3) is 0.435. The first-order valence-corrected chi connectivity index (χ1v) is 10.8. The van der Waals surface area contributed by atoms with E-state index in [0.717, 1.165) is 4.57 Å². The number of carbonyl (C=O) groups excluding carboxylic acids is 3. The first-order valence-electron chi connectivity index (χ1n) is 10.8. The molecule has 1 unspecified atom stereocenters. The zero-order valence-electron chi connectivity index (χ0n) is 20.9. The number of likely N-dealkylation sites (N-methyl/N-ethyl adjacent to an activating group) is 2. The van der Waals surface area contributed by atoms with E-state index in [1.54, 1.807) is 20.0 Å². The average molecular weight is 490 g/mol. The highest BCUT2D eigenvalue weighted by atomic mass is 16.3. The van der Waals surface area contributed by atoms with Gasteiger partial charge in [-0.3, -0.25) is 19.0 Å². The van der Waals surface area contributed by atoms with Gasteiger partial charge in [-0.1, -0.05) is 12.7 Å². The number of amides is 3. The molecule has 35 heavy (non-hydrogen) atoms. The molecule has 0 radical (unpaired) electrons. The molecule has 0 saturated heterocycles. The molecule has 1 aromatic rings. The molecule has 1 heterocycles. The van der Waals surface area contributed by atoms with Crippen molar-refractivity contribution in [3.63, 3.8) is 0 Å². The summed E-state index contributed by atoms with van der Waals surface area (Å²) in [5.41, 5.74) is 3.91. The van der Waals surface area contributed by atoms with Gasteiger partial charge in [0.15, 0.2) is 0 Å². The predicted molar refractivity (Wildman–Crippen MR) is 133 cm³/mol. The van der Waals surface area contributed by atoms with Crippen molar-refractivity contribution >= 4 is 23.5 Å². The van der Waals surface area contributed by atoms with Gasteiger partial charge in [-0.05, 0) is 46.2 Å². The molecule has 0 fully saturated rings. The Hall–Kier alpha value is -3.61. The number of anilines is 1. The Kier molecular flexibility index (Phi) is 11.2. The summed E-state index contributed by atoms with van der Waals surface area (Å²) in [6, 6.07) is 1.40. The van der Waals surface area contributed by atoms with Crippen LogP contribution in [0.4, 0.5) is 5.82 Å². The van der Waals surface area contributed by atoms with Gasteiger partial charge < -0.3 is 31.3 Å². The lowest BCUT2D eigenvalue weighted by Crippen LogP contribution is -2.53. The van der Waals surface area contributed by atoms with Crippen molar-refractivity contribution in [2.24, 2.45) is 5.73 Å². The third kappa shape index (κ3) is 9.65. The lowest BCUT2D eigenvalue weighted by molar-refractivity contribution is -0.130. The quantitative estimate of drug-likeness (QED) is 0.216. The Morgan fingerprint density at radius 1 is 1.26 bits per heavy atom. The Morgan fingerprint density at radius 3 is 2.46 bits per heavy atom. The van der Waals surface area contributed by atoms with E-state index in [4.69, 9.17) is 5.73 Å². The molecular weight excluding hydrogens is 454 g/mol. The van der Waals surface area contributed by atoms with E-state index in [1.807, 2.05) is 19.0 Å². The molecule has 0 aliphatic heterocycles. The van der Waals surface area contributed by atoms with E-state index in [0.29, 0.717) is 18.8 Å². The molecule has 3 amide bonds. The highest BCUT2D eigenvalue weighted by molar-refractivity contribution is 6.04. The maximum absolute atomic E-state index is 12.4. The van der Waals surface area contributed by atoms with Gasteiger partial charge in [0.2, 0.25) is 11.8 Å². The monoisotopic (exact) mass is 489 g/mol. The van der Waals surface area contributed by atoms with Crippen LogP contribution in [-0.2, 0) is 20.9 Å². The Balaban J connectivity index is 2.75. The van der Waals surface area contributed by atoms with E-state index < -0.39 is 29.6 Å². The van der Waals surface area contributed by atoms with Crippen LogP contribution in [0.5, 0.6) is 0 Å². The number of nitrogens with zero attached hydrogens (tertiary/aromatic N) is 4. The summed E-state index contributed by atoms with van der Waals surface area (Å²) < 4.78 is 1.15. The molecule has 1 atom stereocenters. The molecule has 0 aliphatic carbocycles. The van der Waals surface area contributed by atoms with E-state index >= 15 is 0 Å². The van der Waals surface area contributed by atoms with Crippen LogP contribution >= 0.6 is 0 Å². The third-order valence-electron chi connectivity index (χ3n) is 4.90. The van der Waals surface area contributed by atoms with Gasteiger partial charge in [0.05, 0.1) is 6.61 Å². The minimum atomic E-state index is -1.46. The molecule has 1 rings (SSSR count). The molecule has 0 aromatic carbocycles. The number of aromatic nitrogens is 2. The normalized spacial score (nSPS) is 13.4. The molecule has 192 valence electrons. The number of nitrogens with one attached hydrogen (secondary N) is 2. The summed E-state index contributed by atoms with van der Waals surface area (Å²) in [6.07, 6.45) is 5.76. The van der Waals surface area contributed by atoms with E-state index in [-0.39, 0.29) is 23.8 Å². The lowest BCUT2D eigenvalue weighted by Gasteiger charge is -2.20. The zero-order valence-corrected chi connectivity index (χ0v) is 20.9. The van der Waals surface area contributed by atoms with Crippen molar-refractivity contribution in [2.45, 2.75) is 25.9 Å². The highest BCUT2D eigenvalue weighted by Gasteiger charge is 2.27. The summed E-state index contributed by atoms with van der Waals surface area (Å²) in [4.78, 5) is 56.3. The van der Waals surface area contributed by atoms with Crippen LogP contribution in [0.25, 0.3) is 0 Å². The van der Waals surface area contributed by atoms with Crippen LogP contribution in [-0.4, -0.2) is 88.6 Å². The molecule has 0 saturated carbocycles. The van der Waals surface area contributed by atoms with Gasteiger partial charge in [0.25, 0.3) is 5.91 Å². The van der Waals surface area contributed by atoms with Crippen molar-refractivity contribution in [2.75, 3.05) is 46.2 Å². The number of nitrogens with two attached hydrogens (primary N) is 1. The third-order valence-corrected chi connectivity index (χ3v) is 4.90. The Bertz CT molecular complexity index is 1060. The number of hydrogen-bond acceptors (Lipinski definition) is 8. The number of carbonyl (C=O) groups is 3. The van der Waals surface area contributed by atoms with Crippen LogP contribution in [0.15, 0.2) is 53.1 Å². The zero-order chi connectivity index (χ0) is 26.8. The van der Waals surface area contributed by atoms with Crippen molar-refractivity contribution < 1.29 is 19.5 Å². The van der Waals surface area contributed by atoms with Gasteiger partial charge in [-0.25, -0.2) is 4.79 Å². The summed E-state index contributed by atoms with van der Waals surface area (Å²) in [7, 11) is 5.46. The summed E-state index contributed by atoms with van der Waals surface area (Å²) in [5.74, 6) is -1.46. The first-order chi connectivity index (χ1) is 16.3. The lowest BCUT2D eigenvalue weighted by atomic mass is 10.0. The highest BCUT2D eigenvalue weighted by Crippen LogP contribution is 2.06. The number of rotatable bonds is 12. The van der Waals surface area contributed by atoms with E-state index in [1.165, 1.54) is 36.2 Å². The SMILES string of the molecule is C=C(/C=C\C(=C/C)NC(=O)C(C)(N)CO)C(=O)Nc1ccn(CC(=O)N(C)CCN(C)C)c(=O)n1. The largest absolute Gasteiger partial charge is 0.394 e. The van der Waals surface area contributed by atoms with Crippen molar-refractivity contribution in [1.29, 1.82) is 0 Å². The first kappa shape index (κ1) is 29.4. The molecule has 0 bridgehead atoms. The fourth-order valence-electron chi connectivity index (χ4n) is 2.38. The molecular formula is C23H35N7O5. The summed E-state index contributed by atoms with van der Waals surface area (Å²) in [5, 5.41) is 14.2. The topological polar surface area (TPSA) is 163 Å². The second-order valence-electron chi connectivity index (χ2n) is 8.43. The average Bonchev–Trinajstić information content (AvgIpc) is 2.80. The second kappa shape index (κ2) is 13.3. The van der Waals surface area contributed by atoms with Crippen LogP contribution in [0.3, 0.4) is 0 Å². The minimum absolute atomic E-state index is 0.000570. The summed E-state index contributed by atoms with van der Waals surface area (Å²) in [6.45, 7) is 7.20. The van der Waals surface area contributed by atoms with Crippen molar-refractivity contribution in [1.82, 2.24) is 24.7 Å². The molecule has 12 nitrogen and oxygen atoms in total. The van der Waals surface area contributed by atoms with Gasteiger partial charge >= 0.3 is 5.69 Å². The molecule has 1 aromatic heterocycles. The smallest absolute Gasteiger partial charge is 0.349 e. The molecule has 5 N–H and O–H groups in total.